The Morgan fingerprint density at radius 1 is 1.15 bits per heavy atom. The van der Waals surface area contributed by atoms with Crippen molar-refractivity contribution in [2.75, 3.05) is 7.11 Å². The highest BCUT2D eigenvalue weighted by molar-refractivity contribution is 14.1. The molecule has 0 saturated heterocycles. The van der Waals surface area contributed by atoms with E-state index in [-0.39, 0.29) is 0 Å². The van der Waals surface area contributed by atoms with Crippen LogP contribution in [0.4, 0.5) is 26.3 Å². The quantitative estimate of drug-likeness (QED) is 0.417. The highest BCUT2D eigenvalue weighted by Gasteiger charge is 2.39. The first-order valence-electron chi connectivity index (χ1n) is 5.00. The smallest absolute Gasteiger partial charge is 0.417 e. The van der Waals surface area contributed by atoms with Crippen LogP contribution in [0.5, 0.6) is 0 Å². The van der Waals surface area contributed by atoms with Gasteiger partial charge in [-0.05, 0) is 40.3 Å². The molecule has 1 aromatic rings. The highest BCUT2D eigenvalue weighted by Crippen LogP contribution is 2.39. The Balaban J connectivity index is 3.48. The molecule has 0 amide bonds. The van der Waals surface area contributed by atoms with Crippen molar-refractivity contribution in [1.29, 1.82) is 0 Å². The fourth-order valence-corrected chi connectivity index (χ4v) is 2.50. The third kappa shape index (κ3) is 4.00. The van der Waals surface area contributed by atoms with Crippen molar-refractivity contribution in [1.82, 2.24) is 0 Å². The summed E-state index contributed by atoms with van der Waals surface area (Å²) in [6.45, 7) is 0. The van der Waals surface area contributed by atoms with Gasteiger partial charge in [-0.3, -0.25) is 4.79 Å². The Morgan fingerprint density at radius 3 is 2.10 bits per heavy atom. The van der Waals surface area contributed by atoms with Crippen molar-refractivity contribution in [3.63, 3.8) is 0 Å². The molecular weight excluding hydrogens is 405 g/mol. The monoisotopic (exact) mass is 412 g/mol. The summed E-state index contributed by atoms with van der Waals surface area (Å²) in [7, 11) is 0.939. The Morgan fingerprint density at radius 2 is 1.70 bits per heavy atom. The summed E-state index contributed by atoms with van der Waals surface area (Å²) in [6.07, 6.45) is -10.5. The van der Waals surface area contributed by atoms with E-state index in [9.17, 15) is 31.1 Å². The second-order valence-electron chi connectivity index (χ2n) is 3.74. The van der Waals surface area contributed by atoms with Gasteiger partial charge in [0.05, 0.1) is 24.7 Å². The standard InChI is InChI=1S/C11H7F6IO2/c1-20-8(19)3-5-2-6(10(12,13)14)4-7(18)9(5)11(15,16)17/h2,4H,3H2,1H3. The summed E-state index contributed by atoms with van der Waals surface area (Å²) in [5.41, 5.74) is -3.26. The molecule has 9 heteroatoms. The van der Waals surface area contributed by atoms with E-state index >= 15 is 0 Å². The second kappa shape index (κ2) is 5.78. The molecule has 20 heavy (non-hydrogen) atoms. The molecule has 0 atom stereocenters. The summed E-state index contributed by atoms with van der Waals surface area (Å²) in [5.74, 6) is -1.05. The number of ether oxygens (including phenoxy) is 1. The minimum atomic E-state index is -4.86. The zero-order valence-corrected chi connectivity index (χ0v) is 12.0. The van der Waals surface area contributed by atoms with Gasteiger partial charge in [-0.15, -0.1) is 0 Å². The van der Waals surface area contributed by atoms with Crippen LogP contribution >= 0.6 is 22.6 Å². The average molecular weight is 412 g/mol. The van der Waals surface area contributed by atoms with Gasteiger partial charge in [-0.25, -0.2) is 0 Å². The van der Waals surface area contributed by atoms with Crippen molar-refractivity contribution < 1.29 is 35.9 Å². The molecule has 0 saturated carbocycles. The third-order valence-electron chi connectivity index (χ3n) is 2.35. The lowest BCUT2D eigenvalue weighted by Crippen LogP contribution is -2.17. The molecule has 0 fully saturated rings. The van der Waals surface area contributed by atoms with Crippen molar-refractivity contribution in [2.45, 2.75) is 18.8 Å². The van der Waals surface area contributed by atoms with Crippen LogP contribution < -0.4 is 0 Å². The van der Waals surface area contributed by atoms with Gasteiger partial charge in [0.2, 0.25) is 0 Å². The van der Waals surface area contributed by atoms with E-state index in [1.807, 2.05) is 0 Å². The molecular formula is C11H7F6IO2. The molecule has 2 nitrogen and oxygen atoms in total. The van der Waals surface area contributed by atoms with Crippen LogP contribution in [0, 0.1) is 3.57 Å². The molecule has 0 spiro atoms. The van der Waals surface area contributed by atoms with Crippen LogP contribution in [0.15, 0.2) is 12.1 Å². The lowest BCUT2D eigenvalue weighted by atomic mass is 10.0. The van der Waals surface area contributed by atoms with Crippen LogP contribution in [0.25, 0.3) is 0 Å². The summed E-state index contributed by atoms with van der Waals surface area (Å²) < 4.78 is 79.9. The topological polar surface area (TPSA) is 26.3 Å². The molecule has 0 unspecified atom stereocenters. The first kappa shape index (κ1) is 17.1. The van der Waals surface area contributed by atoms with E-state index in [2.05, 4.69) is 4.74 Å². The van der Waals surface area contributed by atoms with Crippen LogP contribution in [0.1, 0.15) is 16.7 Å². The van der Waals surface area contributed by atoms with Gasteiger partial charge in [0.25, 0.3) is 0 Å². The summed E-state index contributed by atoms with van der Waals surface area (Å²) in [5, 5.41) is 0. The SMILES string of the molecule is COC(=O)Cc1cc(C(F)(F)F)cc(I)c1C(F)(F)F. The molecule has 0 N–H and O–H groups in total. The first-order chi connectivity index (χ1) is 8.96. The fraction of sp³-hybridized carbons (Fsp3) is 0.364. The minimum Gasteiger partial charge on any atom is -0.469 e. The van der Waals surface area contributed by atoms with Gasteiger partial charge >= 0.3 is 18.3 Å². The minimum absolute atomic E-state index is 0.321. The first-order valence-corrected chi connectivity index (χ1v) is 6.08. The Bertz CT molecular complexity index is 521. The number of halogens is 7. The van der Waals surface area contributed by atoms with Gasteiger partial charge in [0.15, 0.2) is 0 Å². The van der Waals surface area contributed by atoms with Crippen LogP contribution in [0.3, 0.4) is 0 Å². The number of alkyl halides is 6. The number of hydrogen-bond donors (Lipinski definition) is 0. The van der Waals surface area contributed by atoms with Gasteiger partial charge in [-0.1, -0.05) is 0 Å². The number of carbonyl (C=O) groups is 1. The average Bonchev–Trinajstić information content (AvgIpc) is 2.24. The maximum Gasteiger partial charge on any atom is 0.417 e. The van der Waals surface area contributed by atoms with Gasteiger partial charge in [0.1, 0.15) is 0 Å². The molecule has 0 radical (unpaired) electrons. The molecule has 0 aliphatic rings. The maximum atomic E-state index is 12.9. The molecule has 1 rings (SSSR count). The second-order valence-corrected chi connectivity index (χ2v) is 4.90. The number of esters is 1. The van der Waals surface area contributed by atoms with E-state index in [0.29, 0.717) is 12.1 Å². The third-order valence-corrected chi connectivity index (χ3v) is 3.20. The number of carbonyl (C=O) groups excluding carboxylic acids is 1. The lowest BCUT2D eigenvalue weighted by molar-refractivity contribution is -0.144. The van der Waals surface area contributed by atoms with Crippen LogP contribution in [-0.2, 0) is 28.3 Å². The maximum absolute atomic E-state index is 12.9. The molecule has 0 aliphatic carbocycles. The number of benzene rings is 1. The van der Waals surface area contributed by atoms with E-state index in [1.54, 1.807) is 0 Å². The summed E-state index contributed by atoms with van der Waals surface area (Å²) >= 11 is 1.16. The number of rotatable bonds is 2. The zero-order chi connectivity index (χ0) is 15.7. The Labute approximate surface area is 123 Å². The lowest BCUT2D eigenvalue weighted by Gasteiger charge is -2.17. The Kier molecular flexibility index (Phi) is 4.93. The molecule has 0 aliphatic heterocycles. The molecule has 1 aromatic carbocycles. The fourth-order valence-electron chi connectivity index (χ4n) is 1.51. The van der Waals surface area contributed by atoms with Crippen molar-refractivity contribution in [3.8, 4) is 0 Å². The normalized spacial score (nSPS) is 12.4. The predicted octanol–water partition coefficient (Wildman–Crippen LogP) is 4.04. The summed E-state index contributed by atoms with van der Waals surface area (Å²) in [6, 6.07) is 0.714. The molecule has 112 valence electrons. The Hall–Kier alpha value is -1.00. The number of hydrogen-bond acceptors (Lipinski definition) is 2. The van der Waals surface area contributed by atoms with Gasteiger partial charge < -0.3 is 4.74 Å². The predicted molar refractivity (Wildman–Crippen MR) is 64.9 cm³/mol. The van der Waals surface area contributed by atoms with Crippen molar-refractivity contribution in [2.24, 2.45) is 0 Å². The van der Waals surface area contributed by atoms with E-state index in [4.69, 9.17) is 0 Å². The largest absolute Gasteiger partial charge is 0.469 e. The number of methoxy groups -OCH3 is 1. The van der Waals surface area contributed by atoms with E-state index in [0.717, 1.165) is 29.7 Å². The van der Waals surface area contributed by atoms with Crippen molar-refractivity contribution >= 4 is 28.6 Å². The van der Waals surface area contributed by atoms with E-state index < -0.39 is 45.0 Å². The molecule has 0 heterocycles. The zero-order valence-electron chi connectivity index (χ0n) is 9.82. The van der Waals surface area contributed by atoms with Crippen LogP contribution in [0.2, 0.25) is 0 Å². The molecule has 0 bridgehead atoms. The van der Waals surface area contributed by atoms with Gasteiger partial charge in [-0.2, -0.15) is 26.3 Å². The summed E-state index contributed by atoms with van der Waals surface area (Å²) in [4.78, 5) is 11.1. The van der Waals surface area contributed by atoms with E-state index in [1.165, 1.54) is 0 Å². The van der Waals surface area contributed by atoms with Crippen molar-refractivity contribution in [3.05, 3.63) is 32.4 Å². The van der Waals surface area contributed by atoms with Gasteiger partial charge in [0, 0.05) is 3.57 Å². The van der Waals surface area contributed by atoms with Crippen LogP contribution in [-0.4, -0.2) is 13.1 Å². The molecule has 0 aromatic heterocycles. The highest BCUT2D eigenvalue weighted by atomic mass is 127.